The van der Waals surface area contributed by atoms with Crippen LogP contribution < -0.4 is 10.1 Å². The summed E-state index contributed by atoms with van der Waals surface area (Å²) < 4.78 is 18.8. The van der Waals surface area contributed by atoms with Crippen molar-refractivity contribution in [2.75, 3.05) is 5.32 Å². The van der Waals surface area contributed by atoms with Crippen LogP contribution in [0.1, 0.15) is 21.8 Å². The van der Waals surface area contributed by atoms with Gasteiger partial charge in [0, 0.05) is 11.1 Å². The molecule has 6 heteroatoms. The molecule has 0 radical (unpaired) electrons. The number of thiazole rings is 1. The summed E-state index contributed by atoms with van der Waals surface area (Å²) in [6.07, 6.45) is 0.165. The number of nitrogens with one attached hydrogen (secondary N) is 1. The third-order valence-electron chi connectivity index (χ3n) is 3.79. The van der Waals surface area contributed by atoms with Crippen molar-refractivity contribution in [1.82, 2.24) is 4.98 Å². The Kier molecular flexibility index (Phi) is 5.63. The van der Waals surface area contributed by atoms with E-state index < -0.39 is 0 Å². The van der Waals surface area contributed by atoms with E-state index in [1.54, 1.807) is 13.0 Å². The molecular weight excluding hydrogens is 351 g/mol. The number of carbonyl (C=O) groups excluding carboxylic acids is 1. The quantitative estimate of drug-likeness (QED) is 0.687. The van der Waals surface area contributed by atoms with Crippen molar-refractivity contribution in [3.05, 3.63) is 75.5 Å². The lowest BCUT2D eigenvalue weighted by atomic mass is 10.2. The highest BCUT2D eigenvalue weighted by molar-refractivity contribution is 7.09. The van der Waals surface area contributed by atoms with Crippen LogP contribution in [0.15, 0.2) is 47.8 Å². The van der Waals surface area contributed by atoms with Gasteiger partial charge in [0.25, 0.3) is 0 Å². The van der Waals surface area contributed by atoms with Gasteiger partial charge < -0.3 is 10.1 Å². The van der Waals surface area contributed by atoms with Crippen molar-refractivity contribution in [2.45, 2.75) is 26.9 Å². The molecule has 0 aliphatic rings. The average Bonchev–Trinajstić information content (AvgIpc) is 3.04. The molecule has 3 rings (SSSR count). The van der Waals surface area contributed by atoms with Crippen molar-refractivity contribution in [1.29, 1.82) is 0 Å². The third-order valence-corrected chi connectivity index (χ3v) is 4.66. The van der Waals surface area contributed by atoms with Gasteiger partial charge in [-0.25, -0.2) is 9.37 Å². The van der Waals surface area contributed by atoms with Crippen LogP contribution in [0.2, 0.25) is 0 Å². The van der Waals surface area contributed by atoms with Crippen molar-refractivity contribution in [3.8, 4) is 5.75 Å². The fourth-order valence-electron chi connectivity index (χ4n) is 2.40. The van der Waals surface area contributed by atoms with Crippen LogP contribution in [0.3, 0.4) is 0 Å². The van der Waals surface area contributed by atoms with Crippen LogP contribution in [0.25, 0.3) is 0 Å². The molecule has 26 heavy (non-hydrogen) atoms. The van der Waals surface area contributed by atoms with Gasteiger partial charge in [0.1, 0.15) is 23.2 Å². The van der Waals surface area contributed by atoms with Crippen LogP contribution in [-0.4, -0.2) is 10.9 Å². The Bertz CT molecular complexity index is 906. The minimum Gasteiger partial charge on any atom is -0.486 e. The third kappa shape index (κ3) is 4.89. The summed E-state index contributed by atoms with van der Waals surface area (Å²) in [6, 6.07) is 12.1. The van der Waals surface area contributed by atoms with Crippen LogP contribution in [0.4, 0.5) is 10.1 Å². The number of aryl methyl sites for hydroxylation is 2. The molecule has 3 aromatic rings. The molecule has 0 aliphatic heterocycles. The summed E-state index contributed by atoms with van der Waals surface area (Å²) in [5.41, 5.74) is 3.16. The number of benzene rings is 2. The van der Waals surface area contributed by atoms with Crippen molar-refractivity contribution >= 4 is 22.9 Å². The molecule has 4 nitrogen and oxygen atoms in total. The lowest BCUT2D eigenvalue weighted by Gasteiger charge is -2.07. The number of anilines is 1. The van der Waals surface area contributed by atoms with E-state index in [1.807, 2.05) is 36.6 Å². The summed E-state index contributed by atoms with van der Waals surface area (Å²) in [4.78, 5) is 16.6. The minimum absolute atomic E-state index is 0.165. The van der Waals surface area contributed by atoms with Crippen LogP contribution in [0.5, 0.6) is 5.75 Å². The number of ether oxygens (including phenoxy) is 1. The van der Waals surface area contributed by atoms with Gasteiger partial charge in [-0.05, 0) is 49.7 Å². The predicted molar refractivity (Wildman–Crippen MR) is 101 cm³/mol. The van der Waals surface area contributed by atoms with E-state index in [0.29, 0.717) is 23.6 Å². The second-order valence-electron chi connectivity index (χ2n) is 6.02. The Balaban J connectivity index is 1.54. The zero-order chi connectivity index (χ0) is 18.5. The van der Waals surface area contributed by atoms with Gasteiger partial charge in [-0.15, -0.1) is 11.3 Å². The predicted octanol–water partition coefficient (Wildman–Crippen LogP) is 4.66. The van der Waals surface area contributed by atoms with Gasteiger partial charge in [-0.2, -0.15) is 0 Å². The lowest BCUT2D eigenvalue weighted by molar-refractivity contribution is -0.115. The van der Waals surface area contributed by atoms with Gasteiger partial charge >= 0.3 is 0 Å². The van der Waals surface area contributed by atoms with E-state index in [9.17, 15) is 9.18 Å². The molecule has 0 atom stereocenters. The number of rotatable bonds is 6. The fourth-order valence-corrected chi connectivity index (χ4v) is 3.11. The van der Waals surface area contributed by atoms with Crippen LogP contribution in [0, 0.1) is 19.7 Å². The van der Waals surface area contributed by atoms with Gasteiger partial charge in [0.2, 0.25) is 5.91 Å². The van der Waals surface area contributed by atoms with Crippen molar-refractivity contribution in [3.63, 3.8) is 0 Å². The Labute approximate surface area is 155 Å². The molecule has 1 aromatic heterocycles. The Morgan fingerprint density at radius 1 is 1.19 bits per heavy atom. The molecule has 0 bridgehead atoms. The molecule has 0 spiro atoms. The number of aromatic nitrogens is 1. The summed E-state index contributed by atoms with van der Waals surface area (Å²) in [5.74, 6) is 0.283. The molecule has 1 N–H and O–H groups in total. The Morgan fingerprint density at radius 3 is 2.69 bits per heavy atom. The summed E-state index contributed by atoms with van der Waals surface area (Å²) in [6.45, 7) is 4.14. The summed E-state index contributed by atoms with van der Waals surface area (Å²) >= 11 is 1.46. The first kappa shape index (κ1) is 18.1. The first-order valence-electron chi connectivity index (χ1n) is 8.18. The molecule has 0 saturated heterocycles. The Hall–Kier alpha value is -2.73. The lowest BCUT2D eigenvalue weighted by Crippen LogP contribution is -2.15. The normalized spacial score (nSPS) is 10.6. The van der Waals surface area contributed by atoms with Crippen LogP contribution in [-0.2, 0) is 17.8 Å². The molecule has 134 valence electrons. The van der Waals surface area contributed by atoms with E-state index in [4.69, 9.17) is 4.74 Å². The first-order chi connectivity index (χ1) is 12.5. The van der Waals surface area contributed by atoms with E-state index in [-0.39, 0.29) is 18.1 Å². The van der Waals surface area contributed by atoms with E-state index in [1.165, 1.54) is 29.0 Å². The van der Waals surface area contributed by atoms with E-state index in [2.05, 4.69) is 10.3 Å². The van der Waals surface area contributed by atoms with Crippen molar-refractivity contribution in [2.24, 2.45) is 0 Å². The van der Waals surface area contributed by atoms with Crippen LogP contribution >= 0.6 is 11.3 Å². The highest BCUT2D eigenvalue weighted by atomic mass is 32.1. The second-order valence-corrected chi connectivity index (χ2v) is 6.96. The molecular formula is C20H19FN2O2S. The van der Waals surface area contributed by atoms with E-state index >= 15 is 0 Å². The summed E-state index contributed by atoms with van der Waals surface area (Å²) in [7, 11) is 0. The van der Waals surface area contributed by atoms with Crippen molar-refractivity contribution < 1.29 is 13.9 Å². The maximum Gasteiger partial charge on any atom is 0.230 e. The number of halogens is 1. The minimum atomic E-state index is -0.321. The zero-order valence-electron chi connectivity index (χ0n) is 14.6. The standard InChI is InChI=1S/C20H19FN2O2S/c1-13-3-6-17(7-4-13)25-11-20-22-16(12-26-20)10-19(24)23-18-8-5-15(21)9-14(18)2/h3-9,12H,10-11H2,1-2H3,(H,23,24). The van der Waals surface area contributed by atoms with Gasteiger partial charge in [-0.3, -0.25) is 4.79 Å². The SMILES string of the molecule is Cc1ccc(OCc2nc(CC(=O)Nc3ccc(F)cc3C)cs2)cc1. The van der Waals surface area contributed by atoms with Gasteiger partial charge in [0.05, 0.1) is 12.1 Å². The molecule has 0 fully saturated rings. The zero-order valence-corrected chi connectivity index (χ0v) is 15.4. The van der Waals surface area contributed by atoms with Gasteiger partial charge in [0.15, 0.2) is 0 Å². The number of nitrogens with zero attached hydrogens (tertiary/aromatic N) is 1. The second kappa shape index (κ2) is 8.10. The molecule has 0 aliphatic carbocycles. The highest BCUT2D eigenvalue weighted by Crippen LogP contribution is 2.18. The molecule has 0 saturated carbocycles. The molecule has 0 unspecified atom stereocenters. The van der Waals surface area contributed by atoms with Gasteiger partial charge in [-0.1, -0.05) is 17.7 Å². The smallest absolute Gasteiger partial charge is 0.230 e. The highest BCUT2D eigenvalue weighted by Gasteiger charge is 2.10. The molecule has 1 amide bonds. The Morgan fingerprint density at radius 2 is 1.96 bits per heavy atom. The maximum absolute atomic E-state index is 13.1. The number of hydrogen-bond donors (Lipinski definition) is 1. The molecule has 2 aromatic carbocycles. The maximum atomic E-state index is 13.1. The monoisotopic (exact) mass is 370 g/mol. The topological polar surface area (TPSA) is 51.2 Å². The molecule has 1 heterocycles. The fraction of sp³-hybridized carbons (Fsp3) is 0.200. The number of hydrogen-bond acceptors (Lipinski definition) is 4. The summed E-state index contributed by atoms with van der Waals surface area (Å²) in [5, 5.41) is 5.45. The van der Waals surface area contributed by atoms with E-state index in [0.717, 1.165) is 10.8 Å². The first-order valence-corrected chi connectivity index (χ1v) is 9.06. The largest absolute Gasteiger partial charge is 0.486 e. The average molecular weight is 370 g/mol. The number of amides is 1. The number of carbonyl (C=O) groups is 1.